The molecule has 0 spiro atoms. The summed E-state index contributed by atoms with van der Waals surface area (Å²) in [5, 5.41) is 4.06. The summed E-state index contributed by atoms with van der Waals surface area (Å²) in [5.74, 6) is 2.89. The minimum absolute atomic E-state index is 0.0844. The molecule has 0 aromatic carbocycles. The molecule has 0 bridgehead atoms. The quantitative estimate of drug-likeness (QED) is 0.848. The first-order valence-corrected chi connectivity index (χ1v) is 6.28. The minimum Gasteiger partial charge on any atom is -0.339 e. The van der Waals surface area contributed by atoms with Crippen molar-refractivity contribution in [1.82, 2.24) is 10.1 Å². The third kappa shape index (κ3) is 1.86. The van der Waals surface area contributed by atoms with Crippen LogP contribution in [-0.4, -0.2) is 15.7 Å². The second-order valence-corrected chi connectivity index (χ2v) is 5.61. The summed E-state index contributed by atoms with van der Waals surface area (Å²) in [7, 11) is 0. The van der Waals surface area contributed by atoms with Gasteiger partial charge >= 0.3 is 0 Å². The van der Waals surface area contributed by atoms with Crippen molar-refractivity contribution in [2.24, 2.45) is 11.7 Å². The Morgan fingerprint density at radius 2 is 2.12 bits per heavy atom. The number of rotatable bonds is 3. The van der Waals surface area contributed by atoms with Crippen molar-refractivity contribution in [2.45, 2.75) is 56.9 Å². The third-order valence-electron chi connectivity index (χ3n) is 4.03. The van der Waals surface area contributed by atoms with E-state index in [4.69, 9.17) is 10.3 Å². The first kappa shape index (κ1) is 10.3. The smallest absolute Gasteiger partial charge is 0.228 e. The Morgan fingerprint density at radius 3 is 2.75 bits per heavy atom. The van der Waals surface area contributed by atoms with E-state index in [1.807, 2.05) is 0 Å². The second-order valence-electron chi connectivity index (χ2n) is 5.61. The Bertz CT molecular complexity index is 381. The molecule has 0 saturated heterocycles. The van der Waals surface area contributed by atoms with E-state index in [9.17, 15) is 0 Å². The average molecular weight is 221 g/mol. The van der Waals surface area contributed by atoms with Gasteiger partial charge in [-0.3, -0.25) is 0 Å². The molecular formula is C12H19N3O. The molecule has 2 fully saturated rings. The highest BCUT2D eigenvalue weighted by molar-refractivity contribution is 5.08. The van der Waals surface area contributed by atoms with Crippen LogP contribution in [0.2, 0.25) is 0 Å². The first-order chi connectivity index (χ1) is 7.66. The fraction of sp³-hybridized carbons (Fsp3) is 0.833. The summed E-state index contributed by atoms with van der Waals surface area (Å²) in [6.45, 7) is 2.22. The number of nitrogens with zero attached hydrogens (tertiary/aromatic N) is 2. The van der Waals surface area contributed by atoms with Gasteiger partial charge in [0.2, 0.25) is 5.89 Å². The number of hydrogen-bond donors (Lipinski definition) is 1. The Morgan fingerprint density at radius 1 is 1.44 bits per heavy atom. The molecule has 1 aromatic heterocycles. The summed E-state index contributed by atoms with van der Waals surface area (Å²) in [5.41, 5.74) is 6.21. The minimum atomic E-state index is -0.0844. The summed E-state index contributed by atoms with van der Waals surface area (Å²) in [6.07, 6.45) is 6.59. The van der Waals surface area contributed by atoms with Gasteiger partial charge in [0.1, 0.15) is 0 Å². The number of nitrogens with two attached hydrogens (primary N) is 1. The number of aromatic nitrogens is 2. The molecule has 2 aliphatic rings. The first-order valence-electron chi connectivity index (χ1n) is 6.28. The number of hydrogen-bond acceptors (Lipinski definition) is 4. The average Bonchev–Trinajstić information content (AvgIpc) is 2.67. The molecule has 0 amide bonds. The van der Waals surface area contributed by atoms with E-state index in [-0.39, 0.29) is 5.54 Å². The molecular weight excluding hydrogens is 202 g/mol. The van der Waals surface area contributed by atoms with Crippen molar-refractivity contribution in [3.63, 3.8) is 0 Å². The van der Waals surface area contributed by atoms with Crippen molar-refractivity contribution in [2.75, 3.05) is 0 Å². The van der Waals surface area contributed by atoms with E-state index in [0.29, 0.717) is 5.92 Å². The monoisotopic (exact) mass is 221 g/mol. The summed E-state index contributed by atoms with van der Waals surface area (Å²) >= 11 is 0. The standard InChI is InChI=1S/C12H19N3O/c1-8-6-9(8)11-14-10(16-15-11)7-12(13)4-2-3-5-12/h8-9H,2-7,13H2,1H3. The highest BCUT2D eigenvalue weighted by Gasteiger charge is 2.39. The van der Waals surface area contributed by atoms with Crippen LogP contribution in [0.25, 0.3) is 0 Å². The predicted molar refractivity (Wildman–Crippen MR) is 59.9 cm³/mol. The molecule has 2 atom stereocenters. The second kappa shape index (κ2) is 3.55. The molecule has 0 aliphatic heterocycles. The van der Waals surface area contributed by atoms with Crippen LogP contribution in [0, 0.1) is 5.92 Å². The van der Waals surface area contributed by atoms with Crippen LogP contribution in [-0.2, 0) is 6.42 Å². The van der Waals surface area contributed by atoms with Crippen LogP contribution in [0.3, 0.4) is 0 Å². The van der Waals surface area contributed by atoms with Crippen molar-refractivity contribution >= 4 is 0 Å². The van der Waals surface area contributed by atoms with Crippen LogP contribution < -0.4 is 5.73 Å². The molecule has 2 unspecified atom stereocenters. The van der Waals surface area contributed by atoms with Gasteiger partial charge in [-0.1, -0.05) is 24.9 Å². The van der Waals surface area contributed by atoms with Crippen LogP contribution in [0.15, 0.2) is 4.52 Å². The van der Waals surface area contributed by atoms with E-state index in [2.05, 4.69) is 17.1 Å². The maximum atomic E-state index is 6.29. The lowest BCUT2D eigenvalue weighted by atomic mass is 9.95. The third-order valence-corrected chi connectivity index (χ3v) is 4.03. The van der Waals surface area contributed by atoms with E-state index >= 15 is 0 Å². The highest BCUT2D eigenvalue weighted by atomic mass is 16.5. The van der Waals surface area contributed by atoms with Gasteiger partial charge in [0, 0.05) is 17.9 Å². The lowest BCUT2D eigenvalue weighted by Crippen LogP contribution is -2.38. The Labute approximate surface area is 95.6 Å². The van der Waals surface area contributed by atoms with Gasteiger partial charge in [-0.25, -0.2) is 0 Å². The van der Waals surface area contributed by atoms with Crippen molar-refractivity contribution in [3.8, 4) is 0 Å². The van der Waals surface area contributed by atoms with Gasteiger partial charge in [-0.2, -0.15) is 4.98 Å². The van der Waals surface area contributed by atoms with E-state index in [0.717, 1.165) is 36.9 Å². The van der Waals surface area contributed by atoms with Gasteiger partial charge in [-0.15, -0.1) is 0 Å². The zero-order chi connectivity index (χ0) is 11.2. The maximum Gasteiger partial charge on any atom is 0.228 e. The van der Waals surface area contributed by atoms with Gasteiger partial charge in [-0.05, 0) is 25.2 Å². The lowest BCUT2D eigenvalue weighted by Gasteiger charge is -2.20. The van der Waals surface area contributed by atoms with Crippen LogP contribution in [0.1, 0.15) is 56.7 Å². The summed E-state index contributed by atoms with van der Waals surface area (Å²) < 4.78 is 5.30. The Hall–Kier alpha value is -0.900. The fourth-order valence-corrected chi connectivity index (χ4v) is 2.73. The van der Waals surface area contributed by atoms with Gasteiger partial charge in [0.15, 0.2) is 5.82 Å². The highest BCUT2D eigenvalue weighted by Crippen LogP contribution is 2.45. The van der Waals surface area contributed by atoms with Crippen molar-refractivity contribution < 1.29 is 4.52 Å². The summed E-state index contributed by atoms with van der Waals surface area (Å²) in [4.78, 5) is 4.47. The molecule has 4 nitrogen and oxygen atoms in total. The molecule has 0 radical (unpaired) electrons. The topological polar surface area (TPSA) is 64.9 Å². The molecule has 88 valence electrons. The largest absolute Gasteiger partial charge is 0.339 e. The molecule has 1 aromatic rings. The van der Waals surface area contributed by atoms with E-state index in [1.165, 1.54) is 19.3 Å². The molecule has 2 aliphatic carbocycles. The van der Waals surface area contributed by atoms with Crippen molar-refractivity contribution in [3.05, 3.63) is 11.7 Å². The summed E-state index contributed by atoms with van der Waals surface area (Å²) in [6, 6.07) is 0. The molecule has 1 heterocycles. The molecule has 3 rings (SSSR count). The normalized spacial score (nSPS) is 31.9. The molecule has 4 heteroatoms. The van der Waals surface area contributed by atoms with Crippen LogP contribution in [0.4, 0.5) is 0 Å². The van der Waals surface area contributed by atoms with E-state index < -0.39 is 0 Å². The van der Waals surface area contributed by atoms with Crippen LogP contribution in [0.5, 0.6) is 0 Å². The Kier molecular flexibility index (Phi) is 2.28. The Balaban J connectivity index is 1.68. The van der Waals surface area contributed by atoms with Crippen molar-refractivity contribution in [1.29, 1.82) is 0 Å². The zero-order valence-corrected chi connectivity index (χ0v) is 9.78. The zero-order valence-electron chi connectivity index (χ0n) is 9.78. The van der Waals surface area contributed by atoms with E-state index in [1.54, 1.807) is 0 Å². The van der Waals surface area contributed by atoms with Gasteiger partial charge < -0.3 is 10.3 Å². The lowest BCUT2D eigenvalue weighted by molar-refractivity contribution is 0.327. The van der Waals surface area contributed by atoms with Gasteiger partial charge in [0.05, 0.1) is 0 Å². The van der Waals surface area contributed by atoms with Gasteiger partial charge in [0.25, 0.3) is 0 Å². The maximum absolute atomic E-state index is 6.29. The SMILES string of the molecule is CC1CC1c1noc(CC2(N)CCCC2)n1. The molecule has 16 heavy (non-hydrogen) atoms. The fourth-order valence-electron chi connectivity index (χ4n) is 2.73. The van der Waals surface area contributed by atoms with Crippen LogP contribution >= 0.6 is 0 Å². The molecule has 2 saturated carbocycles. The predicted octanol–water partition coefficient (Wildman–Crippen LogP) is 2.01. The molecule has 2 N–H and O–H groups in total.